The summed E-state index contributed by atoms with van der Waals surface area (Å²) in [5.74, 6) is 0. The van der Waals surface area contributed by atoms with Gasteiger partial charge in [-0.05, 0) is 81.1 Å². The average molecular weight is 645 g/mol. The summed E-state index contributed by atoms with van der Waals surface area (Å²) in [6.07, 6.45) is 3.41. The number of thiophene rings is 3. The molecule has 0 aliphatic carbocycles. The normalized spacial score (nSPS) is 11.7. The molecule has 0 aromatic carbocycles. The van der Waals surface area contributed by atoms with Crippen LogP contribution in [0.2, 0.25) is 0 Å². The first-order valence-corrected chi connectivity index (χ1v) is 13.7. The Kier molecular flexibility index (Phi) is 20.6. The van der Waals surface area contributed by atoms with E-state index in [1.165, 1.54) is 29.1 Å². The van der Waals surface area contributed by atoms with Gasteiger partial charge in [-0.1, -0.05) is 7.43 Å². The van der Waals surface area contributed by atoms with Crippen molar-refractivity contribution in [2.45, 2.75) is 40.1 Å². The van der Waals surface area contributed by atoms with Gasteiger partial charge in [0.2, 0.25) is 0 Å². The molecule has 1 aliphatic heterocycles. The van der Waals surface area contributed by atoms with Crippen molar-refractivity contribution in [1.29, 1.82) is 0 Å². The van der Waals surface area contributed by atoms with E-state index in [4.69, 9.17) is 19.3 Å². The first-order valence-electron chi connectivity index (χ1n) is 9.71. The second-order valence-corrected chi connectivity index (χ2v) is 12.5. The third-order valence-corrected chi connectivity index (χ3v) is 7.80. The van der Waals surface area contributed by atoms with Crippen molar-refractivity contribution in [1.82, 2.24) is 0 Å². The molecule has 0 saturated carbocycles. The lowest BCUT2D eigenvalue weighted by Gasteiger charge is -1.89. The summed E-state index contributed by atoms with van der Waals surface area (Å²) in [5, 5.41) is 8.54. The Hall–Kier alpha value is -0.430. The van der Waals surface area contributed by atoms with Gasteiger partial charge in [0.1, 0.15) is 0 Å². The molecule has 1 saturated heterocycles. The highest BCUT2D eigenvalue weighted by Gasteiger charge is 1.97. The molecule has 1 aliphatic rings. The van der Waals surface area contributed by atoms with Gasteiger partial charge in [0, 0.05) is 42.1 Å². The monoisotopic (exact) mass is 642 g/mol. The SMILES string of the molecule is C.C1CCOC1.COCc1ccc(Br)s1.COCc1ccc(C=O)s1.OCc1ccc(Br)s1. The lowest BCUT2D eigenvalue weighted by molar-refractivity contribution is 0.112. The predicted octanol–water partition coefficient (Wildman–Crippen LogP) is 7.80. The molecule has 5 nitrogen and oxygen atoms in total. The maximum atomic E-state index is 10.2. The minimum atomic E-state index is 0. The number of rotatable bonds is 6. The number of carbonyl (C=O) groups excluding carboxylic acids is 1. The van der Waals surface area contributed by atoms with Crippen molar-refractivity contribution in [3.05, 3.63) is 63.5 Å². The molecule has 10 heteroatoms. The maximum Gasteiger partial charge on any atom is 0.160 e. The van der Waals surface area contributed by atoms with Gasteiger partial charge >= 0.3 is 0 Å². The smallest absolute Gasteiger partial charge is 0.160 e. The van der Waals surface area contributed by atoms with E-state index in [9.17, 15) is 4.79 Å². The molecule has 3 aromatic rings. The number of aliphatic hydroxyl groups is 1. The van der Waals surface area contributed by atoms with E-state index in [1.54, 1.807) is 43.0 Å². The molecule has 0 bridgehead atoms. The molecule has 4 rings (SSSR count). The summed E-state index contributed by atoms with van der Waals surface area (Å²) in [5.41, 5.74) is 0. The van der Waals surface area contributed by atoms with Crippen molar-refractivity contribution < 1.29 is 24.1 Å². The van der Waals surface area contributed by atoms with Gasteiger partial charge in [0.15, 0.2) is 6.29 Å². The van der Waals surface area contributed by atoms with Crippen LogP contribution in [0.5, 0.6) is 0 Å². The molecular weight excluding hydrogens is 612 g/mol. The first-order chi connectivity index (χ1) is 15.5. The van der Waals surface area contributed by atoms with Crippen LogP contribution >= 0.6 is 65.9 Å². The second kappa shape index (κ2) is 20.9. The molecular formula is C23H32Br2O5S3. The Labute approximate surface area is 226 Å². The zero-order valence-electron chi connectivity index (χ0n) is 18.1. The van der Waals surface area contributed by atoms with E-state index in [-0.39, 0.29) is 14.0 Å². The highest BCUT2D eigenvalue weighted by molar-refractivity contribution is 9.11. The third-order valence-electron chi connectivity index (χ3n) is 3.61. The standard InChI is InChI=1S/C7H8O2S.C6H7BrOS.C5H5BrOS.C4H8O.CH4/c1-9-5-7-3-2-6(4-8)10-7;1-8-4-5-2-3-6(7)9-5;6-5-2-1-4(3-7)8-5;1-2-4-5-3-1;/h2-4H,5H2,1H3;2-3H,4H2,1H3;1-2,7H,3H2;1-4H2;1H4. The molecule has 1 N–H and O–H groups in total. The lowest BCUT2D eigenvalue weighted by atomic mass is 10.4. The predicted molar refractivity (Wildman–Crippen MR) is 148 cm³/mol. The molecule has 0 unspecified atom stereocenters. The van der Waals surface area contributed by atoms with Crippen molar-refractivity contribution in [2.75, 3.05) is 27.4 Å². The van der Waals surface area contributed by atoms with Gasteiger partial charge in [0.25, 0.3) is 0 Å². The minimum Gasteiger partial charge on any atom is -0.391 e. The number of carbonyl (C=O) groups is 1. The van der Waals surface area contributed by atoms with Crippen molar-refractivity contribution >= 4 is 72.2 Å². The summed E-state index contributed by atoms with van der Waals surface area (Å²) in [6.45, 7) is 3.46. The molecule has 4 heterocycles. The second-order valence-electron chi connectivity index (χ2n) is 6.18. The fourth-order valence-corrected chi connectivity index (χ4v) is 5.79. The lowest BCUT2D eigenvalue weighted by Crippen LogP contribution is -1.79. The topological polar surface area (TPSA) is 65.0 Å². The number of halogens is 2. The molecule has 0 atom stereocenters. The Morgan fingerprint density at radius 2 is 1.36 bits per heavy atom. The van der Waals surface area contributed by atoms with Crippen LogP contribution < -0.4 is 0 Å². The number of aliphatic hydroxyl groups excluding tert-OH is 1. The first kappa shape index (κ1) is 32.6. The summed E-state index contributed by atoms with van der Waals surface area (Å²) in [6, 6.07) is 11.6. The number of hydrogen-bond donors (Lipinski definition) is 1. The Bertz CT molecular complexity index is 852. The van der Waals surface area contributed by atoms with E-state index in [1.807, 2.05) is 24.3 Å². The van der Waals surface area contributed by atoms with E-state index in [2.05, 4.69) is 37.9 Å². The van der Waals surface area contributed by atoms with Crippen LogP contribution in [0, 0.1) is 0 Å². The van der Waals surface area contributed by atoms with E-state index < -0.39 is 0 Å². The van der Waals surface area contributed by atoms with Gasteiger partial charge in [0.05, 0.1) is 32.3 Å². The molecule has 33 heavy (non-hydrogen) atoms. The summed E-state index contributed by atoms with van der Waals surface area (Å²) >= 11 is 11.4. The Morgan fingerprint density at radius 3 is 1.67 bits per heavy atom. The largest absolute Gasteiger partial charge is 0.391 e. The fourth-order valence-electron chi connectivity index (χ4n) is 2.20. The average Bonchev–Trinajstić information content (AvgIpc) is 3.59. The summed E-state index contributed by atoms with van der Waals surface area (Å²) in [7, 11) is 3.34. The molecule has 0 spiro atoms. The van der Waals surface area contributed by atoms with Crippen LogP contribution in [0.25, 0.3) is 0 Å². The van der Waals surface area contributed by atoms with Gasteiger partial charge in [-0.25, -0.2) is 0 Å². The summed E-state index contributed by atoms with van der Waals surface area (Å²) in [4.78, 5) is 14.3. The van der Waals surface area contributed by atoms with Crippen molar-refractivity contribution in [2.24, 2.45) is 0 Å². The van der Waals surface area contributed by atoms with Crippen LogP contribution in [0.4, 0.5) is 0 Å². The number of methoxy groups -OCH3 is 2. The van der Waals surface area contributed by atoms with E-state index >= 15 is 0 Å². The maximum absolute atomic E-state index is 10.2. The molecule has 0 amide bonds. The van der Waals surface area contributed by atoms with Crippen molar-refractivity contribution in [3.8, 4) is 0 Å². The van der Waals surface area contributed by atoms with E-state index in [0.717, 1.165) is 48.3 Å². The zero-order chi connectivity index (χ0) is 23.6. The van der Waals surface area contributed by atoms with Gasteiger partial charge in [-0.15, -0.1) is 34.0 Å². The Balaban J connectivity index is 0.000000419. The highest BCUT2D eigenvalue weighted by atomic mass is 79.9. The fraction of sp³-hybridized carbons (Fsp3) is 0.435. The number of ether oxygens (including phenoxy) is 3. The van der Waals surface area contributed by atoms with Crippen molar-refractivity contribution in [3.63, 3.8) is 0 Å². The minimum absolute atomic E-state index is 0. The molecule has 3 aromatic heterocycles. The highest BCUT2D eigenvalue weighted by Crippen LogP contribution is 2.22. The van der Waals surface area contributed by atoms with Crippen LogP contribution in [-0.2, 0) is 34.0 Å². The molecule has 0 radical (unpaired) electrons. The van der Waals surface area contributed by atoms with Gasteiger partial charge < -0.3 is 19.3 Å². The molecule has 186 valence electrons. The zero-order valence-corrected chi connectivity index (χ0v) is 23.7. The Morgan fingerprint density at radius 1 is 0.879 bits per heavy atom. The number of hydrogen-bond acceptors (Lipinski definition) is 8. The van der Waals surface area contributed by atoms with Gasteiger partial charge in [-0.3, -0.25) is 4.79 Å². The summed E-state index contributed by atoms with van der Waals surface area (Å²) < 4.78 is 17.0. The number of aldehydes is 1. The van der Waals surface area contributed by atoms with Crippen LogP contribution in [-0.4, -0.2) is 38.8 Å². The molecule has 1 fully saturated rings. The quantitative estimate of drug-likeness (QED) is 0.278. The van der Waals surface area contributed by atoms with Crippen LogP contribution in [0.1, 0.15) is 44.6 Å². The van der Waals surface area contributed by atoms with Gasteiger partial charge in [-0.2, -0.15) is 0 Å². The third kappa shape index (κ3) is 16.0. The van der Waals surface area contributed by atoms with E-state index in [0.29, 0.717) is 6.61 Å². The van der Waals surface area contributed by atoms with Crippen LogP contribution in [0.15, 0.2) is 44.0 Å². The van der Waals surface area contributed by atoms with Crippen LogP contribution in [0.3, 0.4) is 0 Å².